The fraction of sp³-hybridized carbons (Fsp3) is 0.500. The largest absolute Gasteiger partial charge is 0.355 e. The molecule has 1 aromatic heterocycles. The topological polar surface area (TPSA) is 16.1 Å². The van der Waals surface area contributed by atoms with Crippen LogP contribution in [0.5, 0.6) is 0 Å². The first-order valence-corrected chi connectivity index (χ1v) is 7.32. The summed E-state index contributed by atoms with van der Waals surface area (Å²) in [5.41, 5.74) is 1.11. The Morgan fingerprint density at radius 1 is 1.47 bits per heavy atom. The Morgan fingerprint density at radius 2 is 2.20 bits per heavy atom. The van der Waals surface area contributed by atoms with Crippen LogP contribution in [-0.4, -0.2) is 29.6 Å². The number of nitrogens with zero attached hydrogens (tertiary/aromatic N) is 2. The first-order valence-electron chi connectivity index (χ1n) is 4.84. The fourth-order valence-corrected chi connectivity index (χ4v) is 3.11. The predicted molar refractivity (Wildman–Crippen MR) is 71.0 cm³/mol. The molecule has 0 amide bonds. The van der Waals surface area contributed by atoms with Crippen LogP contribution in [0, 0.1) is 0 Å². The average Bonchev–Trinajstić information content (AvgIpc) is 2.30. The highest BCUT2D eigenvalue weighted by atomic mass is 79.9. The highest BCUT2D eigenvalue weighted by Gasteiger charge is 2.15. The molecule has 5 heteroatoms. The van der Waals surface area contributed by atoms with Crippen molar-refractivity contribution < 1.29 is 0 Å². The summed E-state index contributed by atoms with van der Waals surface area (Å²) in [5.74, 6) is 3.93. The molecule has 0 bridgehead atoms. The van der Waals surface area contributed by atoms with Crippen LogP contribution in [0.25, 0.3) is 0 Å². The van der Waals surface area contributed by atoms with Crippen LogP contribution >= 0.6 is 39.3 Å². The molecule has 2 heterocycles. The van der Waals surface area contributed by atoms with Gasteiger partial charge in [0.25, 0.3) is 0 Å². The van der Waals surface area contributed by atoms with Crippen molar-refractivity contribution in [2.24, 2.45) is 0 Å². The van der Waals surface area contributed by atoms with Gasteiger partial charge in [-0.15, -0.1) is 11.6 Å². The van der Waals surface area contributed by atoms with E-state index in [1.165, 1.54) is 11.5 Å². The lowest BCUT2D eigenvalue weighted by Crippen LogP contribution is -2.33. The van der Waals surface area contributed by atoms with Gasteiger partial charge in [0.2, 0.25) is 0 Å². The second-order valence-electron chi connectivity index (χ2n) is 3.37. The second-order valence-corrected chi connectivity index (χ2v) is 5.78. The maximum atomic E-state index is 5.93. The number of thioether (sulfide) groups is 1. The van der Waals surface area contributed by atoms with Gasteiger partial charge in [-0.2, -0.15) is 11.8 Å². The van der Waals surface area contributed by atoms with Crippen LogP contribution in [0.3, 0.4) is 0 Å². The maximum absolute atomic E-state index is 5.93. The minimum atomic E-state index is 0.519. The van der Waals surface area contributed by atoms with Gasteiger partial charge in [-0.25, -0.2) is 4.98 Å². The number of rotatable bonds is 2. The third-order valence-electron chi connectivity index (χ3n) is 2.36. The molecule has 0 aliphatic carbocycles. The van der Waals surface area contributed by atoms with Gasteiger partial charge in [0.15, 0.2) is 0 Å². The van der Waals surface area contributed by atoms with E-state index < -0.39 is 0 Å². The van der Waals surface area contributed by atoms with Gasteiger partial charge in [0, 0.05) is 40.8 Å². The van der Waals surface area contributed by atoms with Gasteiger partial charge in [0.05, 0.1) is 5.88 Å². The normalized spacial score (nSPS) is 16.8. The van der Waals surface area contributed by atoms with E-state index in [1.54, 1.807) is 0 Å². The summed E-state index contributed by atoms with van der Waals surface area (Å²) < 4.78 is 0.994. The van der Waals surface area contributed by atoms with Crippen LogP contribution in [0.15, 0.2) is 16.7 Å². The number of halogens is 2. The van der Waals surface area contributed by atoms with Gasteiger partial charge in [-0.05, 0) is 22.0 Å². The van der Waals surface area contributed by atoms with E-state index in [0.29, 0.717) is 5.88 Å². The van der Waals surface area contributed by atoms with Crippen molar-refractivity contribution >= 4 is 45.1 Å². The number of hydrogen-bond acceptors (Lipinski definition) is 3. The van der Waals surface area contributed by atoms with E-state index >= 15 is 0 Å². The first-order chi connectivity index (χ1) is 7.31. The third-order valence-corrected chi connectivity index (χ3v) is 4.03. The molecule has 0 aromatic carbocycles. The summed E-state index contributed by atoms with van der Waals surface area (Å²) in [6.07, 6.45) is 1.84. The van der Waals surface area contributed by atoms with Gasteiger partial charge >= 0.3 is 0 Å². The lowest BCUT2D eigenvalue weighted by molar-refractivity contribution is 0.832. The molecule has 1 saturated heterocycles. The summed E-state index contributed by atoms with van der Waals surface area (Å²) in [7, 11) is 0. The Kier molecular flexibility index (Phi) is 4.17. The molecule has 2 rings (SSSR count). The Balaban J connectivity index is 2.25. The number of alkyl halides is 1. The van der Waals surface area contributed by atoms with Crippen LogP contribution in [0.2, 0.25) is 0 Å². The minimum Gasteiger partial charge on any atom is -0.355 e. The Bertz CT molecular complexity index is 342. The van der Waals surface area contributed by atoms with Crippen molar-refractivity contribution in [3.8, 4) is 0 Å². The minimum absolute atomic E-state index is 0.519. The quantitative estimate of drug-likeness (QED) is 0.781. The molecule has 0 spiro atoms. The molecule has 1 fully saturated rings. The van der Waals surface area contributed by atoms with E-state index in [-0.39, 0.29) is 0 Å². The van der Waals surface area contributed by atoms with Crippen molar-refractivity contribution in [2.45, 2.75) is 5.88 Å². The van der Waals surface area contributed by atoms with E-state index in [4.69, 9.17) is 11.6 Å². The average molecular weight is 308 g/mol. The summed E-state index contributed by atoms with van der Waals surface area (Å²) >= 11 is 11.3. The molecule has 1 aromatic rings. The molecule has 0 unspecified atom stereocenters. The summed E-state index contributed by atoms with van der Waals surface area (Å²) in [6, 6.07) is 2.05. The zero-order valence-corrected chi connectivity index (χ0v) is 11.4. The summed E-state index contributed by atoms with van der Waals surface area (Å²) in [4.78, 5) is 6.78. The molecular weight excluding hydrogens is 296 g/mol. The molecule has 15 heavy (non-hydrogen) atoms. The van der Waals surface area contributed by atoms with E-state index in [1.807, 2.05) is 18.0 Å². The summed E-state index contributed by atoms with van der Waals surface area (Å²) in [6.45, 7) is 2.15. The van der Waals surface area contributed by atoms with Crippen molar-refractivity contribution in [1.82, 2.24) is 4.98 Å². The van der Waals surface area contributed by atoms with Crippen LogP contribution in [0.4, 0.5) is 5.82 Å². The number of aromatic nitrogens is 1. The highest BCUT2D eigenvalue weighted by molar-refractivity contribution is 9.10. The van der Waals surface area contributed by atoms with Crippen molar-refractivity contribution in [3.63, 3.8) is 0 Å². The van der Waals surface area contributed by atoms with E-state index in [2.05, 4.69) is 31.9 Å². The van der Waals surface area contributed by atoms with Gasteiger partial charge in [-0.1, -0.05) is 0 Å². The molecule has 0 atom stereocenters. The zero-order valence-electron chi connectivity index (χ0n) is 8.25. The Hall–Kier alpha value is 0.0700. The number of pyridine rings is 1. The van der Waals surface area contributed by atoms with Crippen LogP contribution < -0.4 is 4.90 Å². The van der Waals surface area contributed by atoms with E-state index in [9.17, 15) is 0 Å². The summed E-state index contributed by atoms with van der Waals surface area (Å²) in [5, 5.41) is 0. The fourth-order valence-electron chi connectivity index (χ4n) is 1.63. The standard InChI is InChI=1S/C10H12BrClN2S/c11-9-5-8(6-12)10(13-7-9)14-1-3-15-4-2-14/h5,7H,1-4,6H2. The van der Waals surface area contributed by atoms with Crippen molar-refractivity contribution in [1.29, 1.82) is 0 Å². The molecule has 0 N–H and O–H groups in total. The highest BCUT2D eigenvalue weighted by Crippen LogP contribution is 2.25. The van der Waals surface area contributed by atoms with E-state index in [0.717, 1.165) is 28.9 Å². The smallest absolute Gasteiger partial charge is 0.133 e. The number of hydrogen-bond donors (Lipinski definition) is 0. The van der Waals surface area contributed by atoms with Gasteiger partial charge in [-0.3, -0.25) is 0 Å². The lowest BCUT2D eigenvalue weighted by atomic mass is 10.2. The van der Waals surface area contributed by atoms with Crippen LogP contribution in [-0.2, 0) is 5.88 Å². The predicted octanol–water partition coefficient (Wildman–Crippen LogP) is 3.14. The van der Waals surface area contributed by atoms with Crippen LogP contribution in [0.1, 0.15) is 5.56 Å². The van der Waals surface area contributed by atoms with Crippen molar-refractivity contribution in [3.05, 3.63) is 22.3 Å². The van der Waals surface area contributed by atoms with Gasteiger partial charge < -0.3 is 4.90 Å². The maximum Gasteiger partial charge on any atom is 0.133 e. The molecule has 82 valence electrons. The Morgan fingerprint density at radius 3 is 2.87 bits per heavy atom. The molecule has 1 aliphatic rings. The molecule has 0 saturated carbocycles. The monoisotopic (exact) mass is 306 g/mol. The zero-order chi connectivity index (χ0) is 10.7. The lowest BCUT2D eigenvalue weighted by Gasteiger charge is -2.28. The first kappa shape index (κ1) is 11.6. The third kappa shape index (κ3) is 2.80. The number of anilines is 1. The van der Waals surface area contributed by atoms with Crippen molar-refractivity contribution in [2.75, 3.05) is 29.5 Å². The Labute approximate surface area is 108 Å². The second kappa shape index (κ2) is 5.41. The SMILES string of the molecule is ClCc1cc(Br)cnc1N1CCSCC1. The molecule has 1 aliphatic heterocycles. The molecule has 2 nitrogen and oxygen atoms in total. The molecular formula is C10H12BrClN2S. The van der Waals surface area contributed by atoms with Gasteiger partial charge in [0.1, 0.15) is 5.82 Å². The molecule has 0 radical (unpaired) electrons.